The van der Waals surface area contributed by atoms with Gasteiger partial charge in [-0.1, -0.05) is 11.2 Å². The van der Waals surface area contributed by atoms with Crippen LogP contribution in [0.15, 0.2) is 28.9 Å². The lowest BCUT2D eigenvalue weighted by Crippen LogP contribution is -2.22. The highest BCUT2D eigenvalue weighted by molar-refractivity contribution is 5.89. The number of hydrogen-bond donors (Lipinski definition) is 2. The summed E-state index contributed by atoms with van der Waals surface area (Å²) in [6.45, 7) is 1.67. The summed E-state index contributed by atoms with van der Waals surface area (Å²) in [5, 5.41) is 16.3. The van der Waals surface area contributed by atoms with Crippen molar-refractivity contribution >= 4 is 5.91 Å². The van der Waals surface area contributed by atoms with E-state index in [1.807, 2.05) is 23.1 Å². The number of nitrogens with zero attached hydrogens (tertiary/aromatic N) is 4. The first-order chi connectivity index (χ1) is 11.2. The van der Waals surface area contributed by atoms with Crippen LogP contribution < -0.4 is 5.32 Å². The second-order valence-electron chi connectivity index (χ2n) is 5.64. The molecule has 23 heavy (non-hydrogen) atoms. The van der Waals surface area contributed by atoms with Crippen molar-refractivity contribution in [2.45, 2.75) is 19.1 Å². The van der Waals surface area contributed by atoms with E-state index in [1.165, 1.54) is 7.05 Å². The van der Waals surface area contributed by atoms with Crippen molar-refractivity contribution < 1.29 is 14.4 Å². The first-order valence-electron chi connectivity index (χ1n) is 7.50. The van der Waals surface area contributed by atoms with E-state index in [0.717, 1.165) is 18.7 Å². The van der Waals surface area contributed by atoms with Crippen LogP contribution in [0.3, 0.4) is 0 Å². The summed E-state index contributed by atoms with van der Waals surface area (Å²) in [6, 6.07) is 5.78. The smallest absolute Gasteiger partial charge is 0.292 e. The zero-order valence-corrected chi connectivity index (χ0v) is 12.8. The summed E-state index contributed by atoms with van der Waals surface area (Å²) >= 11 is 0. The van der Waals surface area contributed by atoms with Crippen molar-refractivity contribution in [3.63, 3.8) is 0 Å². The summed E-state index contributed by atoms with van der Waals surface area (Å²) in [7, 11) is 1.51. The second kappa shape index (κ2) is 6.84. The SMILES string of the molecule is CNC(=O)c1noc(CN2C[C@@H](Cc3ccccn3)[C@H](O)C2)n1. The minimum Gasteiger partial charge on any atom is -0.391 e. The molecule has 1 amide bonds. The van der Waals surface area contributed by atoms with Gasteiger partial charge in [-0.05, 0) is 18.6 Å². The highest BCUT2D eigenvalue weighted by atomic mass is 16.5. The van der Waals surface area contributed by atoms with Crippen LogP contribution in [0, 0.1) is 5.92 Å². The summed E-state index contributed by atoms with van der Waals surface area (Å²) in [5.41, 5.74) is 0.970. The molecular formula is C15H19N5O3. The third kappa shape index (κ3) is 3.72. The molecule has 8 heteroatoms. The second-order valence-corrected chi connectivity index (χ2v) is 5.64. The van der Waals surface area contributed by atoms with Gasteiger partial charge >= 0.3 is 0 Å². The molecule has 1 saturated heterocycles. The van der Waals surface area contributed by atoms with Crippen molar-refractivity contribution in [1.82, 2.24) is 25.3 Å². The first-order valence-corrected chi connectivity index (χ1v) is 7.50. The molecule has 0 saturated carbocycles. The van der Waals surface area contributed by atoms with E-state index >= 15 is 0 Å². The van der Waals surface area contributed by atoms with Gasteiger partial charge in [0.1, 0.15) is 0 Å². The largest absolute Gasteiger partial charge is 0.391 e. The van der Waals surface area contributed by atoms with Gasteiger partial charge in [0.25, 0.3) is 11.7 Å². The number of nitrogens with one attached hydrogen (secondary N) is 1. The van der Waals surface area contributed by atoms with E-state index in [-0.39, 0.29) is 17.6 Å². The molecule has 2 aromatic heterocycles. The lowest BCUT2D eigenvalue weighted by molar-refractivity contribution is 0.0950. The van der Waals surface area contributed by atoms with Gasteiger partial charge in [-0.2, -0.15) is 4.98 Å². The summed E-state index contributed by atoms with van der Waals surface area (Å²) < 4.78 is 5.08. The molecule has 0 radical (unpaired) electrons. The van der Waals surface area contributed by atoms with Gasteiger partial charge in [0, 0.05) is 37.9 Å². The van der Waals surface area contributed by atoms with Crippen LogP contribution in [-0.4, -0.2) is 57.3 Å². The maximum Gasteiger partial charge on any atom is 0.292 e. The van der Waals surface area contributed by atoms with E-state index in [2.05, 4.69) is 20.4 Å². The van der Waals surface area contributed by atoms with Crippen LogP contribution >= 0.6 is 0 Å². The quantitative estimate of drug-likeness (QED) is 0.791. The van der Waals surface area contributed by atoms with Gasteiger partial charge in [-0.15, -0.1) is 0 Å². The molecule has 0 unspecified atom stereocenters. The lowest BCUT2D eigenvalue weighted by Gasteiger charge is -2.13. The van der Waals surface area contributed by atoms with Crippen molar-refractivity contribution in [1.29, 1.82) is 0 Å². The molecule has 0 bridgehead atoms. The Hall–Kier alpha value is -2.32. The van der Waals surface area contributed by atoms with Crippen LogP contribution in [0.1, 0.15) is 22.2 Å². The molecule has 0 spiro atoms. The molecule has 0 aromatic carbocycles. The number of pyridine rings is 1. The lowest BCUT2D eigenvalue weighted by atomic mass is 10.00. The van der Waals surface area contributed by atoms with Gasteiger partial charge < -0.3 is 14.9 Å². The minimum atomic E-state index is -0.418. The molecule has 1 aliphatic heterocycles. The van der Waals surface area contributed by atoms with Crippen molar-refractivity contribution in [2.24, 2.45) is 5.92 Å². The number of aliphatic hydroxyl groups is 1. The van der Waals surface area contributed by atoms with Crippen LogP contribution in [0.4, 0.5) is 0 Å². The summed E-state index contributed by atoms with van der Waals surface area (Å²) in [5.74, 6) is 0.127. The number of β-amino-alcohol motifs (C(OH)–C–C–N with tert-alkyl or cyclic N) is 1. The third-order valence-electron chi connectivity index (χ3n) is 3.94. The Morgan fingerprint density at radius 2 is 2.35 bits per heavy atom. The average Bonchev–Trinajstić information content (AvgIpc) is 3.15. The van der Waals surface area contributed by atoms with Crippen LogP contribution in [-0.2, 0) is 13.0 Å². The molecule has 1 fully saturated rings. The maximum atomic E-state index is 11.4. The molecule has 0 aliphatic carbocycles. The third-order valence-corrected chi connectivity index (χ3v) is 3.94. The van der Waals surface area contributed by atoms with Crippen LogP contribution in [0.2, 0.25) is 0 Å². The van der Waals surface area contributed by atoms with Crippen molar-refractivity contribution in [2.75, 3.05) is 20.1 Å². The van der Waals surface area contributed by atoms with Gasteiger partial charge in [-0.3, -0.25) is 14.7 Å². The zero-order valence-electron chi connectivity index (χ0n) is 12.8. The number of aliphatic hydroxyl groups excluding tert-OH is 1. The maximum absolute atomic E-state index is 11.4. The number of likely N-dealkylation sites (tertiary alicyclic amines) is 1. The van der Waals surface area contributed by atoms with E-state index in [0.29, 0.717) is 19.0 Å². The van der Waals surface area contributed by atoms with Gasteiger partial charge in [0.15, 0.2) is 0 Å². The number of carbonyl (C=O) groups is 1. The number of amides is 1. The first kappa shape index (κ1) is 15.6. The van der Waals surface area contributed by atoms with Crippen molar-refractivity contribution in [3.8, 4) is 0 Å². The molecule has 3 rings (SSSR count). The van der Waals surface area contributed by atoms with E-state index in [4.69, 9.17) is 4.52 Å². The fraction of sp³-hybridized carbons (Fsp3) is 0.467. The Bertz CT molecular complexity index is 660. The summed E-state index contributed by atoms with van der Waals surface area (Å²) in [6.07, 6.45) is 2.07. The van der Waals surface area contributed by atoms with Crippen LogP contribution in [0.5, 0.6) is 0 Å². The minimum absolute atomic E-state index is 0.0206. The molecule has 8 nitrogen and oxygen atoms in total. The molecule has 122 valence electrons. The molecular weight excluding hydrogens is 298 g/mol. The Morgan fingerprint density at radius 3 is 3.09 bits per heavy atom. The highest BCUT2D eigenvalue weighted by Gasteiger charge is 2.32. The Morgan fingerprint density at radius 1 is 1.48 bits per heavy atom. The fourth-order valence-corrected chi connectivity index (χ4v) is 2.77. The standard InChI is InChI=1S/C15H19N5O3/c1-16-15(22)14-18-13(23-19-14)9-20-7-10(12(21)8-20)6-11-4-2-3-5-17-11/h2-5,10,12,21H,6-9H2,1H3,(H,16,22)/t10-,12-/m1/s1. The van der Waals surface area contributed by atoms with Crippen molar-refractivity contribution in [3.05, 3.63) is 41.8 Å². The van der Waals surface area contributed by atoms with E-state index in [1.54, 1.807) is 6.20 Å². The Balaban J connectivity index is 1.58. The Kier molecular flexibility index (Phi) is 4.63. The average molecular weight is 317 g/mol. The van der Waals surface area contributed by atoms with E-state index in [9.17, 15) is 9.90 Å². The van der Waals surface area contributed by atoms with Crippen LogP contribution in [0.25, 0.3) is 0 Å². The predicted octanol–water partition coefficient (Wildman–Crippen LogP) is -0.140. The number of rotatable bonds is 5. The molecule has 2 N–H and O–H groups in total. The number of carbonyl (C=O) groups excluding carboxylic acids is 1. The number of aromatic nitrogens is 3. The fourth-order valence-electron chi connectivity index (χ4n) is 2.77. The molecule has 2 aromatic rings. The topological polar surface area (TPSA) is 104 Å². The highest BCUT2D eigenvalue weighted by Crippen LogP contribution is 2.22. The molecule has 2 atom stereocenters. The Labute approximate surface area is 133 Å². The normalized spacial score (nSPS) is 21.5. The van der Waals surface area contributed by atoms with Gasteiger partial charge in [-0.25, -0.2) is 0 Å². The monoisotopic (exact) mass is 317 g/mol. The zero-order chi connectivity index (χ0) is 16.2. The number of hydrogen-bond acceptors (Lipinski definition) is 7. The van der Waals surface area contributed by atoms with Gasteiger partial charge in [0.2, 0.25) is 5.89 Å². The molecule has 3 heterocycles. The molecule has 1 aliphatic rings. The predicted molar refractivity (Wildman–Crippen MR) is 80.4 cm³/mol. The van der Waals surface area contributed by atoms with Gasteiger partial charge in [0.05, 0.1) is 12.6 Å². The van der Waals surface area contributed by atoms with E-state index < -0.39 is 6.10 Å². The summed E-state index contributed by atoms with van der Waals surface area (Å²) in [4.78, 5) is 21.8.